The van der Waals surface area contributed by atoms with Crippen molar-refractivity contribution >= 4 is 22.1 Å². The molecule has 1 saturated carbocycles. The molecular formula is C20H20N4O3. The van der Waals surface area contributed by atoms with E-state index in [1.165, 1.54) is 6.07 Å². The topological polar surface area (TPSA) is 101 Å². The van der Waals surface area contributed by atoms with Crippen LogP contribution >= 0.6 is 0 Å². The number of aromatic amines is 1. The number of hydrogen-bond donors (Lipinski definition) is 2. The first kappa shape index (κ1) is 17.2. The van der Waals surface area contributed by atoms with E-state index in [1.54, 1.807) is 18.2 Å². The fourth-order valence-corrected chi connectivity index (χ4v) is 3.93. The van der Waals surface area contributed by atoms with Gasteiger partial charge < -0.3 is 5.32 Å². The van der Waals surface area contributed by atoms with Crippen molar-refractivity contribution in [1.29, 1.82) is 0 Å². The number of nitrogens with zero attached hydrogens (tertiary/aromatic N) is 2. The van der Waals surface area contributed by atoms with Crippen molar-refractivity contribution in [3.63, 3.8) is 0 Å². The molecule has 4 rings (SSSR count). The lowest BCUT2D eigenvalue weighted by atomic mass is 9.82. The van der Waals surface area contributed by atoms with Crippen LogP contribution in [0.15, 0.2) is 53.3 Å². The van der Waals surface area contributed by atoms with E-state index in [2.05, 4.69) is 15.5 Å². The highest BCUT2D eigenvalue weighted by Crippen LogP contribution is 2.36. The molecule has 1 aliphatic carbocycles. The van der Waals surface area contributed by atoms with Crippen LogP contribution in [0, 0.1) is 10.1 Å². The molecule has 0 amide bonds. The van der Waals surface area contributed by atoms with Gasteiger partial charge in [-0.15, -0.1) is 0 Å². The Labute approximate surface area is 155 Å². The van der Waals surface area contributed by atoms with E-state index in [9.17, 15) is 14.9 Å². The van der Waals surface area contributed by atoms with Gasteiger partial charge in [-0.05, 0) is 37.8 Å². The second-order valence-electron chi connectivity index (χ2n) is 6.95. The quantitative estimate of drug-likeness (QED) is 0.539. The molecule has 138 valence electrons. The molecule has 0 saturated heterocycles. The van der Waals surface area contributed by atoms with Crippen LogP contribution in [0.25, 0.3) is 10.8 Å². The Morgan fingerprint density at radius 3 is 2.41 bits per heavy atom. The van der Waals surface area contributed by atoms with Crippen LogP contribution < -0.4 is 10.9 Å². The van der Waals surface area contributed by atoms with Gasteiger partial charge in [-0.3, -0.25) is 14.9 Å². The third-order valence-corrected chi connectivity index (χ3v) is 5.30. The summed E-state index contributed by atoms with van der Waals surface area (Å²) in [4.78, 5) is 22.8. The summed E-state index contributed by atoms with van der Waals surface area (Å²) in [7, 11) is 0. The Kier molecular flexibility index (Phi) is 4.58. The van der Waals surface area contributed by atoms with Gasteiger partial charge in [0.05, 0.1) is 16.0 Å². The average Bonchev–Trinajstić information content (AvgIpc) is 2.70. The number of fused-ring (bicyclic) bond motifs is 1. The highest BCUT2D eigenvalue weighted by molar-refractivity contribution is 5.83. The minimum Gasteiger partial charge on any atom is -0.377 e. The molecule has 27 heavy (non-hydrogen) atoms. The summed E-state index contributed by atoms with van der Waals surface area (Å²) in [6, 6.07) is 14.5. The maximum atomic E-state index is 12.0. The fourth-order valence-electron chi connectivity index (χ4n) is 3.93. The van der Waals surface area contributed by atoms with Gasteiger partial charge in [-0.25, -0.2) is 5.10 Å². The number of hydrogen-bond acceptors (Lipinski definition) is 5. The van der Waals surface area contributed by atoms with Gasteiger partial charge in [0.15, 0.2) is 0 Å². The van der Waals surface area contributed by atoms with Crippen molar-refractivity contribution in [1.82, 2.24) is 10.2 Å². The molecule has 7 heteroatoms. The first-order valence-electron chi connectivity index (χ1n) is 9.11. The molecule has 0 aliphatic heterocycles. The Bertz CT molecular complexity index is 1040. The van der Waals surface area contributed by atoms with Crippen molar-refractivity contribution in [2.45, 2.75) is 37.6 Å². The number of rotatable bonds is 4. The first-order chi connectivity index (χ1) is 13.1. The molecule has 2 aromatic carbocycles. The Morgan fingerprint density at radius 2 is 1.67 bits per heavy atom. The minimum atomic E-state index is -0.357. The molecule has 3 aromatic rings. The molecule has 7 nitrogen and oxygen atoms in total. The number of H-pyrrole nitrogens is 1. The van der Waals surface area contributed by atoms with E-state index in [-0.39, 0.29) is 28.1 Å². The number of nitro groups is 1. The maximum Gasteiger partial charge on any atom is 0.292 e. The van der Waals surface area contributed by atoms with Gasteiger partial charge in [-0.2, -0.15) is 5.10 Å². The van der Waals surface area contributed by atoms with Gasteiger partial charge in [0.1, 0.15) is 5.69 Å². The molecule has 2 N–H and O–H groups in total. The zero-order chi connectivity index (χ0) is 18.8. The van der Waals surface area contributed by atoms with E-state index >= 15 is 0 Å². The highest BCUT2D eigenvalue weighted by Gasteiger charge is 2.26. The normalized spacial score (nSPS) is 19.7. The van der Waals surface area contributed by atoms with E-state index in [4.69, 9.17) is 0 Å². The minimum absolute atomic E-state index is 0.105. The van der Waals surface area contributed by atoms with Crippen LogP contribution in [0.3, 0.4) is 0 Å². The molecule has 1 heterocycles. The molecule has 1 aromatic heterocycles. The fraction of sp³-hybridized carbons (Fsp3) is 0.300. The summed E-state index contributed by atoms with van der Waals surface area (Å²) in [5.41, 5.74) is 1.45. The molecular weight excluding hydrogens is 344 g/mol. The number of nitro benzene ring substituents is 1. The third-order valence-electron chi connectivity index (χ3n) is 5.30. The van der Waals surface area contributed by atoms with E-state index in [0.29, 0.717) is 11.1 Å². The van der Waals surface area contributed by atoms with Gasteiger partial charge in [0, 0.05) is 23.4 Å². The summed E-state index contributed by atoms with van der Waals surface area (Å²) < 4.78 is 0. The summed E-state index contributed by atoms with van der Waals surface area (Å²) >= 11 is 0. The van der Waals surface area contributed by atoms with Crippen molar-refractivity contribution < 1.29 is 4.92 Å². The maximum absolute atomic E-state index is 12.0. The molecule has 0 spiro atoms. The summed E-state index contributed by atoms with van der Waals surface area (Å²) in [6.45, 7) is 0. The van der Waals surface area contributed by atoms with Crippen LogP contribution in [0.4, 0.5) is 11.4 Å². The van der Waals surface area contributed by atoms with Crippen molar-refractivity contribution in [2.24, 2.45) is 0 Å². The predicted octanol–water partition coefficient (Wildman–Crippen LogP) is 3.97. The largest absolute Gasteiger partial charge is 0.377 e. The summed E-state index contributed by atoms with van der Waals surface area (Å²) in [5.74, 6) is 0.274. The van der Waals surface area contributed by atoms with Crippen molar-refractivity contribution in [3.8, 4) is 0 Å². The number of nitrogens with one attached hydrogen (secondary N) is 2. The van der Waals surface area contributed by atoms with Crippen LogP contribution in [-0.4, -0.2) is 21.2 Å². The number of benzene rings is 2. The van der Waals surface area contributed by atoms with Crippen molar-refractivity contribution in [2.75, 3.05) is 5.32 Å². The van der Waals surface area contributed by atoms with E-state index < -0.39 is 0 Å². The zero-order valence-corrected chi connectivity index (χ0v) is 14.7. The Balaban J connectivity index is 1.50. The predicted molar refractivity (Wildman–Crippen MR) is 104 cm³/mol. The lowest BCUT2D eigenvalue weighted by molar-refractivity contribution is -0.384. The lowest BCUT2D eigenvalue weighted by Gasteiger charge is -2.29. The van der Waals surface area contributed by atoms with Gasteiger partial charge >= 0.3 is 0 Å². The van der Waals surface area contributed by atoms with Crippen LogP contribution in [0.5, 0.6) is 0 Å². The average molecular weight is 364 g/mol. The van der Waals surface area contributed by atoms with E-state index in [1.807, 2.05) is 24.3 Å². The number of anilines is 1. The summed E-state index contributed by atoms with van der Waals surface area (Å²) in [5, 5.41) is 23.0. The third kappa shape index (κ3) is 3.40. The molecule has 0 radical (unpaired) electrons. The van der Waals surface area contributed by atoms with Crippen LogP contribution in [0.1, 0.15) is 37.3 Å². The zero-order valence-electron chi connectivity index (χ0n) is 14.7. The summed E-state index contributed by atoms with van der Waals surface area (Å²) in [6.07, 6.45) is 3.63. The first-order valence-corrected chi connectivity index (χ1v) is 9.11. The number of para-hydroxylation sites is 2. The molecule has 0 atom stereocenters. The van der Waals surface area contributed by atoms with Gasteiger partial charge in [0.25, 0.3) is 11.2 Å². The Morgan fingerprint density at radius 1 is 1.00 bits per heavy atom. The molecule has 0 bridgehead atoms. The molecule has 1 fully saturated rings. The Hall–Kier alpha value is -3.22. The van der Waals surface area contributed by atoms with E-state index in [0.717, 1.165) is 36.8 Å². The second kappa shape index (κ2) is 7.19. The highest BCUT2D eigenvalue weighted by atomic mass is 16.6. The van der Waals surface area contributed by atoms with Crippen molar-refractivity contribution in [3.05, 3.63) is 74.7 Å². The molecule has 1 aliphatic rings. The lowest BCUT2D eigenvalue weighted by Crippen LogP contribution is -2.26. The number of aromatic nitrogens is 2. The van der Waals surface area contributed by atoms with Gasteiger partial charge in [0.2, 0.25) is 0 Å². The van der Waals surface area contributed by atoms with Gasteiger partial charge in [-0.1, -0.05) is 30.3 Å². The van der Waals surface area contributed by atoms with Crippen LogP contribution in [0.2, 0.25) is 0 Å². The molecule has 0 unspecified atom stereocenters. The van der Waals surface area contributed by atoms with Crippen LogP contribution in [-0.2, 0) is 0 Å². The SMILES string of the molecule is O=c1[nH]nc(C2CCC(Nc3ccccc3[N+](=O)[O-])CC2)c2ccccc12. The smallest absolute Gasteiger partial charge is 0.292 e. The second-order valence-corrected chi connectivity index (χ2v) is 6.95. The standard InChI is InChI=1S/C20H20N4O3/c25-20-16-6-2-1-5-15(16)19(22-23-20)13-9-11-14(12-10-13)21-17-7-3-4-8-18(17)24(26)27/h1-8,13-14,21H,9-12H2,(H,23,25). The monoisotopic (exact) mass is 364 g/mol.